The van der Waals surface area contributed by atoms with E-state index < -0.39 is 13.0 Å². The molecule has 0 aliphatic carbocycles. The molecule has 3 N–H and O–H groups in total. The average Bonchev–Trinajstić information content (AvgIpc) is 2.89. The number of nitrogens with two attached hydrogens (primary N) is 1. The summed E-state index contributed by atoms with van der Waals surface area (Å²) in [4.78, 5) is 15.0. The van der Waals surface area contributed by atoms with E-state index in [1.165, 1.54) is 17.3 Å². The molecule has 0 atom stereocenters. The number of hydrogen-bond acceptors (Lipinski definition) is 8. The van der Waals surface area contributed by atoms with Crippen molar-refractivity contribution in [3.8, 4) is 12.0 Å². The first-order chi connectivity index (χ1) is 8.69. The Balaban J connectivity index is 2.27. The minimum Gasteiger partial charge on any atom is -0.457 e. The molecule has 0 aliphatic rings. The predicted molar refractivity (Wildman–Crippen MR) is 54.1 cm³/mol. The number of nitrogen functional groups attached to an aromatic ring is 1. The molecule has 96 valence electrons. The van der Waals surface area contributed by atoms with E-state index in [0.717, 1.165) is 0 Å². The van der Waals surface area contributed by atoms with Crippen molar-refractivity contribution in [3.63, 3.8) is 0 Å². The Hall–Kier alpha value is -2.43. The smallest absolute Gasteiger partial charge is 0.323 e. The number of hydrogen-bond donors (Lipinski definition) is 2. The highest BCUT2D eigenvalue weighted by Gasteiger charge is 2.11. The third-order valence-electron chi connectivity index (χ3n) is 1.69. The standard InChI is InChI=1S/C7H8F2N8O/c8-4(9)1-18-7-14-5(16-10)13-6(15-7)17-3-11-2-12-17/h2-4H,1,10H2,(H,13,14,15,16). The molecule has 0 unspecified atom stereocenters. The van der Waals surface area contributed by atoms with E-state index in [0.29, 0.717) is 0 Å². The number of alkyl halides is 2. The molecule has 2 aromatic rings. The van der Waals surface area contributed by atoms with Gasteiger partial charge in [0.1, 0.15) is 12.7 Å². The third kappa shape index (κ3) is 2.82. The fourth-order valence-electron chi connectivity index (χ4n) is 1.03. The van der Waals surface area contributed by atoms with E-state index in [1.54, 1.807) is 0 Å². The molecule has 11 heteroatoms. The quantitative estimate of drug-likeness (QED) is 0.538. The highest BCUT2D eigenvalue weighted by atomic mass is 19.3. The lowest BCUT2D eigenvalue weighted by Gasteiger charge is -2.06. The van der Waals surface area contributed by atoms with E-state index in [2.05, 4.69) is 35.2 Å². The minimum absolute atomic E-state index is 0.0414. The van der Waals surface area contributed by atoms with Crippen molar-refractivity contribution < 1.29 is 13.5 Å². The molecule has 0 aromatic carbocycles. The van der Waals surface area contributed by atoms with Gasteiger partial charge in [0.15, 0.2) is 6.61 Å². The largest absolute Gasteiger partial charge is 0.457 e. The van der Waals surface area contributed by atoms with Crippen LogP contribution < -0.4 is 16.0 Å². The van der Waals surface area contributed by atoms with Crippen molar-refractivity contribution in [2.24, 2.45) is 5.84 Å². The molecule has 0 fully saturated rings. The van der Waals surface area contributed by atoms with Gasteiger partial charge in [0.2, 0.25) is 5.95 Å². The van der Waals surface area contributed by atoms with Crippen molar-refractivity contribution in [2.75, 3.05) is 12.0 Å². The zero-order valence-corrected chi connectivity index (χ0v) is 8.86. The summed E-state index contributed by atoms with van der Waals surface area (Å²) < 4.78 is 29.9. The van der Waals surface area contributed by atoms with E-state index >= 15 is 0 Å². The van der Waals surface area contributed by atoms with Crippen molar-refractivity contribution >= 4 is 5.95 Å². The van der Waals surface area contributed by atoms with Crippen LogP contribution in [0.2, 0.25) is 0 Å². The van der Waals surface area contributed by atoms with Gasteiger partial charge >= 0.3 is 6.01 Å². The van der Waals surface area contributed by atoms with Crippen LogP contribution in [0, 0.1) is 0 Å². The molecule has 0 saturated carbocycles. The molecule has 0 bridgehead atoms. The second kappa shape index (κ2) is 5.27. The summed E-state index contributed by atoms with van der Waals surface area (Å²) in [5, 5.41) is 3.78. The van der Waals surface area contributed by atoms with Gasteiger partial charge in [0.25, 0.3) is 12.4 Å². The first-order valence-electron chi connectivity index (χ1n) is 4.67. The summed E-state index contributed by atoms with van der Waals surface area (Å²) in [6.45, 7) is -0.829. The Labute approximate surface area is 99.0 Å². The molecular weight excluding hydrogens is 250 g/mol. The summed E-state index contributed by atoms with van der Waals surface area (Å²) in [6, 6.07) is -0.288. The lowest BCUT2D eigenvalue weighted by molar-refractivity contribution is 0.0769. The first-order valence-corrected chi connectivity index (χ1v) is 4.67. The Morgan fingerprint density at radius 1 is 1.39 bits per heavy atom. The van der Waals surface area contributed by atoms with Gasteiger partial charge in [-0.3, -0.25) is 5.43 Å². The molecule has 0 aliphatic heterocycles. The van der Waals surface area contributed by atoms with Gasteiger partial charge in [-0.15, -0.1) is 0 Å². The molecule has 0 saturated heterocycles. The van der Waals surface area contributed by atoms with E-state index in [1.807, 2.05) is 0 Å². The number of hydrazine groups is 1. The van der Waals surface area contributed by atoms with Crippen molar-refractivity contribution in [2.45, 2.75) is 6.43 Å². The minimum atomic E-state index is -2.63. The molecule has 18 heavy (non-hydrogen) atoms. The third-order valence-corrected chi connectivity index (χ3v) is 1.69. The zero-order chi connectivity index (χ0) is 13.0. The Kier molecular flexibility index (Phi) is 3.52. The molecule has 2 rings (SSSR count). The maximum Gasteiger partial charge on any atom is 0.323 e. The fourth-order valence-corrected chi connectivity index (χ4v) is 1.03. The second-order valence-electron chi connectivity index (χ2n) is 2.93. The van der Waals surface area contributed by atoms with Gasteiger partial charge in [-0.1, -0.05) is 0 Å². The van der Waals surface area contributed by atoms with Gasteiger partial charge in [-0.05, 0) is 0 Å². The van der Waals surface area contributed by atoms with Gasteiger partial charge < -0.3 is 4.74 Å². The van der Waals surface area contributed by atoms with Crippen LogP contribution in [0.3, 0.4) is 0 Å². The summed E-state index contributed by atoms with van der Waals surface area (Å²) >= 11 is 0. The summed E-state index contributed by atoms with van der Waals surface area (Å²) in [6.07, 6.45) is -0.0446. The van der Waals surface area contributed by atoms with Crippen LogP contribution in [0.1, 0.15) is 0 Å². The molecule has 2 heterocycles. The number of nitrogens with zero attached hydrogens (tertiary/aromatic N) is 6. The lowest BCUT2D eigenvalue weighted by Crippen LogP contribution is -2.16. The fraction of sp³-hybridized carbons (Fsp3) is 0.286. The zero-order valence-electron chi connectivity index (χ0n) is 8.86. The lowest BCUT2D eigenvalue weighted by atomic mass is 10.7. The van der Waals surface area contributed by atoms with Crippen LogP contribution in [0.25, 0.3) is 5.95 Å². The maximum absolute atomic E-state index is 12.0. The monoisotopic (exact) mass is 258 g/mol. The van der Waals surface area contributed by atoms with Gasteiger partial charge in [0.05, 0.1) is 0 Å². The summed E-state index contributed by atoms with van der Waals surface area (Å²) in [5.74, 6) is 5.14. The van der Waals surface area contributed by atoms with Gasteiger partial charge in [-0.2, -0.15) is 24.7 Å². The van der Waals surface area contributed by atoms with Crippen LogP contribution >= 0.6 is 0 Å². The Bertz CT molecular complexity index is 504. The normalized spacial score (nSPS) is 10.7. The topological polar surface area (TPSA) is 117 Å². The van der Waals surface area contributed by atoms with Crippen LogP contribution in [0.15, 0.2) is 12.7 Å². The van der Waals surface area contributed by atoms with E-state index in [9.17, 15) is 8.78 Å². The molecule has 0 radical (unpaired) electrons. The summed E-state index contributed by atoms with van der Waals surface area (Å²) in [5.41, 5.74) is 2.17. The van der Waals surface area contributed by atoms with Crippen LogP contribution in [0.4, 0.5) is 14.7 Å². The molecule has 2 aromatic heterocycles. The molecule has 9 nitrogen and oxygen atoms in total. The second-order valence-corrected chi connectivity index (χ2v) is 2.93. The molecule has 0 amide bonds. The first kappa shape index (κ1) is 12.0. The Morgan fingerprint density at radius 3 is 2.83 bits per heavy atom. The maximum atomic E-state index is 12.0. The predicted octanol–water partition coefficient (Wildman–Crippen LogP) is -0.618. The van der Waals surface area contributed by atoms with E-state index in [-0.39, 0.29) is 17.9 Å². The number of ether oxygens (including phenoxy) is 1. The SMILES string of the molecule is NNc1nc(OCC(F)F)nc(-n2cncn2)n1. The summed E-state index contributed by atoms with van der Waals surface area (Å²) in [7, 11) is 0. The highest BCUT2D eigenvalue weighted by molar-refractivity contribution is 5.27. The highest BCUT2D eigenvalue weighted by Crippen LogP contribution is 2.10. The van der Waals surface area contributed by atoms with Crippen LogP contribution in [-0.2, 0) is 0 Å². The van der Waals surface area contributed by atoms with Crippen molar-refractivity contribution in [3.05, 3.63) is 12.7 Å². The van der Waals surface area contributed by atoms with E-state index in [4.69, 9.17) is 5.84 Å². The number of anilines is 1. The molecular formula is C7H8F2N8O. The number of aromatic nitrogens is 6. The number of halogens is 2. The van der Waals surface area contributed by atoms with Crippen LogP contribution in [0.5, 0.6) is 6.01 Å². The Morgan fingerprint density at radius 2 is 2.22 bits per heavy atom. The number of rotatable bonds is 5. The van der Waals surface area contributed by atoms with Gasteiger partial charge in [-0.25, -0.2) is 19.6 Å². The van der Waals surface area contributed by atoms with Gasteiger partial charge in [0, 0.05) is 0 Å². The van der Waals surface area contributed by atoms with Crippen molar-refractivity contribution in [1.29, 1.82) is 0 Å². The number of nitrogens with one attached hydrogen (secondary N) is 1. The van der Waals surface area contributed by atoms with Crippen LogP contribution in [-0.4, -0.2) is 42.7 Å². The average molecular weight is 258 g/mol. The molecule has 0 spiro atoms. The van der Waals surface area contributed by atoms with Crippen molar-refractivity contribution in [1.82, 2.24) is 29.7 Å².